The van der Waals surface area contributed by atoms with E-state index >= 15 is 0 Å². The molecule has 1 saturated heterocycles. The number of aromatic nitrogens is 1. The second-order valence-corrected chi connectivity index (χ2v) is 7.54. The lowest BCUT2D eigenvalue weighted by Crippen LogP contribution is -2.39. The fourth-order valence-electron chi connectivity index (χ4n) is 4.24. The van der Waals surface area contributed by atoms with Crippen LogP contribution < -0.4 is 5.32 Å². The number of carbonyl (C=O) groups is 1. The van der Waals surface area contributed by atoms with Crippen LogP contribution in [0.5, 0.6) is 0 Å². The Bertz CT molecular complexity index is 720. The summed E-state index contributed by atoms with van der Waals surface area (Å²) < 4.78 is 5.28. The Kier molecular flexibility index (Phi) is 5.34. The van der Waals surface area contributed by atoms with Crippen molar-refractivity contribution >= 4 is 5.91 Å². The van der Waals surface area contributed by atoms with Crippen molar-refractivity contribution in [1.82, 2.24) is 15.4 Å². The van der Waals surface area contributed by atoms with Gasteiger partial charge in [-0.3, -0.25) is 9.69 Å². The number of hydrogen-bond acceptors (Lipinski definition) is 4. The zero-order valence-corrected chi connectivity index (χ0v) is 15.2. The quantitative estimate of drug-likeness (QED) is 0.848. The zero-order chi connectivity index (χ0) is 17.8. The predicted molar refractivity (Wildman–Crippen MR) is 101 cm³/mol. The SMILES string of the molecule is O=C(NC1CCN(C2CCCCCC2)C1)c1cc(-c2ccccc2)no1. The molecular weight excluding hydrogens is 326 g/mol. The van der Waals surface area contributed by atoms with Crippen LogP contribution >= 0.6 is 0 Å². The van der Waals surface area contributed by atoms with E-state index in [2.05, 4.69) is 15.4 Å². The molecule has 5 nitrogen and oxygen atoms in total. The smallest absolute Gasteiger partial charge is 0.290 e. The van der Waals surface area contributed by atoms with Gasteiger partial charge in [0.15, 0.2) is 0 Å². The highest BCUT2D eigenvalue weighted by atomic mass is 16.5. The van der Waals surface area contributed by atoms with Crippen molar-refractivity contribution < 1.29 is 9.32 Å². The molecular formula is C21H27N3O2. The van der Waals surface area contributed by atoms with Crippen molar-refractivity contribution in [1.29, 1.82) is 0 Å². The van der Waals surface area contributed by atoms with Crippen molar-refractivity contribution in [2.75, 3.05) is 13.1 Å². The normalized spacial score (nSPS) is 22.2. The van der Waals surface area contributed by atoms with Crippen LogP contribution in [0, 0.1) is 0 Å². The monoisotopic (exact) mass is 353 g/mol. The molecule has 5 heteroatoms. The van der Waals surface area contributed by atoms with Crippen molar-refractivity contribution in [3.8, 4) is 11.3 Å². The molecule has 2 aliphatic rings. The molecule has 1 aromatic heterocycles. The topological polar surface area (TPSA) is 58.4 Å². The molecule has 1 unspecified atom stereocenters. The van der Waals surface area contributed by atoms with E-state index < -0.39 is 0 Å². The number of likely N-dealkylation sites (tertiary alicyclic amines) is 1. The third-order valence-electron chi connectivity index (χ3n) is 5.70. The third kappa shape index (κ3) is 3.98. The first-order valence-corrected chi connectivity index (χ1v) is 9.86. The highest BCUT2D eigenvalue weighted by Crippen LogP contribution is 2.25. The molecule has 1 amide bonds. The van der Waals surface area contributed by atoms with Gasteiger partial charge in [-0.2, -0.15) is 0 Å². The van der Waals surface area contributed by atoms with Crippen molar-refractivity contribution in [3.05, 3.63) is 42.2 Å². The van der Waals surface area contributed by atoms with E-state index in [1.807, 2.05) is 30.3 Å². The number of carbonyl (C=O) groups excluding carboxylic acids is 1. The molecule has 1 saturated carbocycles. The summed E-state index contributed by atoms with van der Waals surface area (Å²) >= 11 is 0. The standard InChI is InChI=1S/C21H27N3O2/c25-21(20-14-19(23-26-20)16-8-4-3-5-9-16)22-17-12-13-24(15-17)18-10-6-1-2-7-11-18/h3-5,8-9,14,17-18H,1-2,6-7,10-13,15H2,(H,22,25). The molecule has 0 bridgehead atoms. The van der Waals surface area contributed by atoms with Gasteiger partial charge < -0.3 is 9.84 Å². The molecule has 1 N–H and O–H groups in total. The Balaban J connectivity index is 1.33. The van der Waals surface area contributed by atoms with E-state index in [1.54, 1.807) is 6.07 Å². The first kappa shape index (κ1) is 17.3. The van der Waals surface area contributed by atoms with E-state index in [1.165, 1.54) is 38.5 Å². The van der Waals surface area contributed by atoms with Gasteiger partial charge in [-0.1, -0.05) is 61.2 Å². The molecule has 2 aromatic rings. The molecule has 4 rings (SSSR count). The van der Waals surface area contributed by atoms with E-state index in [4.69, 9.17) is 4.52 Å². The van der Waals surface area contributed by atoms with Gasteiger partial charge >= 0.3 is 0 Å². The molecule has 1 aliphatic carbocycles. The minimum absolute atomic E-state index is 0.160. The summed E-state index contributed by atoms with van der Waals surface area (Å²) in [7, 11) is 0. The van der Waals surface area contributed by atoms with E-state index in [0.29, 0.717) is 11.7 Å². The minimum atomic E-state index is -0.160. The average Bonchev–Trinajstić information content (AvgIpc) is 3.26. The molecule has 1 aliphatic heterocycles. The van der Waals surface area contributed by atoms with E-state index in [9.17, 15) is 4.79 Å². The van der Waals surface area contributed by atoms with Crippen LogP contribution in [0.3, 0.4) is 0 Å². The number of amides is 1. The maximum absolute atomic E-state index is 12.5. The van der Waals surface area contributed by atoms with Crippen LogP contribution in [0.2, 0.25) is 0 Å². The second-order valence-electron chi connectivity index (χ2n) is 7.54. The number of benzene rings is 1. The first-order valence-electron chi connectivity index (χ1n) is 9.86. The summed E-state index contributed by atoms with van der Waals surface area (Å²) in [6.45, 7) is 2.04. The molecule has 0 spiro atoms. The van der Waals surface area contributed by atoms with Gasteiger partial charge in [0.2, 0.25) is 5.76 Å². The molecule has 0 radical (unpaired) electrons. The summed E-state index contributed by atoms with van der Waals surface area (Å²) in [5.74, 6) is 0.129. The van der Waals surface area contributed by atoms with Crippen LogP contribution in [-0.4, -0.2) is 41.1 Å². The number of rotatable bonds is 4. The van der Waals surface area contributed by atoms with Crippen LogP contribution in [0.4, 0.5) is 0 Å². The summed E-state index contributed by atoms with van der Waals surface area (Å²) in [6, 6.07) is 12.4. The summed E-state index contributed by atoms with van der Waals surface area (Å²) in [6.07, 6.45) is 9.07. The minimum Gasteiger partial charge on any atom is -0.350 e. The van der Waals surface area contributed by atoms with Gasteiger partial charge in [0.25, 0.3) is 5.91 Å². The van der Waals surface area contributed by atoms with Crippen LogP contribution in [0.15, 0.2) is 40.9 Å². The third-order valence-corrected chi connectivity index (χ3v) is 5.70. The van der Waals surface area contributed by atoms with E-state index in [-0.39, 0.29) is 17.7 Å². The van der Waals surface area contributed by atoms with Crippen LogP contribution in [0.25, 0.3) is 11.3 Å². The van der Waals surface area contributed by atoms with Crippen molar-refractivity contribution in [2.24, 2.45) is 0 Å². The van der Waals surface area contributed by atoms with Gasteiger partial charge in [-0.15, -0.1) is 0 Å². The van der Waals surface area contributed by atoms with Gasteiger partial charge in [-0.25, -0.2) is 0 Å². The van der Waals surface area contributed by atoms with Crippen molar-refractivity contribution in [3.63, 3.8) is 0 Å². The second kappa shape index (κ2) is 8.04. The fourth-order valence-corrected chi connectivity index (χ4v) is 4.24. The summed E-state index contributed by atoms with van der Waals surface area (Å²) in [5, 5.41) is 7.16. The number of nitrogens with one attached hydrogen (secondary N) is 1. The average molecular weight is 353 g/mol. The van der Waals surface area contributed by atoms with E-state index in [0.717, 1.165) is 25.1 Å². The Labute approximate surface area is 154 Å². The predicted octanol–water partition coefficient (Wildman–Crippen LogP) is 3.87. The Morgan fingerprint density at radius 1 is 1.08 bits per heavy atom. The maximum atomic E-state index is 12.5. The molecule has 2 fully saturated rings. The lowest BCUT2D eigenvalue weighted by Gasteiger charge is -2.26. The Hall–Kier alpha value is -2.14. The number of nitrogens with zero attached hydrogens (tertiary/aromatic N) is 2. The van der Waals surface area contributed by atoms with Gasteiger partial charge in [0, 0.05) is 36.8 Å². The molecule has 138 valence electrons. The summed E-state index contributed by atoms with van der Waals surface area (Å²) in [5.41, 5.74) is 1.65. The van der Waals surface area contributed by atoms with Gasteiger partial charge in [0.05, 0.1) is 0 Å². The fraction of sp³-hybridized carbons (Fsp3) is 0.524. The van der Waals surface area contributed by atoms with Gasteiger partial charge in [0.1, 0.15) is 5.69 Å². The molecule has 1 atom stereocenters. The molecule has 26 heavy (non-hydrogen) atoms. The lowest BCUT2D eigenvalue weighted by molar-refractivity contribution is 0.0898. The molecule has 1 aromatic carbocycles. The van der Waals surface area contributed by atoms with Gasteiger partial charge in [-0.05, 0) is 19.3 Å². The Morgan fingerprint density at radius 2 is 1.85 bits per heavy atom. The highest BCUT2D eigenvalue weighted by molar-refractivity contribution is 5.92. The highest BCUT2D eigenvalue weighted by Gasteiger charge is 2.30. The number of hydrogen-bond donors (Lipinski definition) is 1. The summed E-state index contributed by atoms with van der Waals surface area (Å²) in [4.78, 5) is 15.1. The maximum Gasteiger partial charge on any atom is 0.290 e. The van der Waals surface area contributed by atoms with Crippen LogP contribution in [0.1, 0.15) is 55.5 Å². The largest absolute Gasteiger partial charge is 0.350 e. The molecule has 2 heterocycles. The van der Waals surface area contributed by atoms with Crippen molar-refractivity contribution in [2.45, 2.75) is 57.0 Å². The zero-order valence-electron chi connectivity index (χ0n) is 15.2. The first-order chi connectivity index (χ1) is 12.8. The Morgan fingerprint density at radius 3 is 2.62 bits per heavy atom. The lowest BCUT2D eigenvalue weighted by atomic mass is 10.1. The van der Waals surface area contributed by atoms with Crippen LogP contribution in [-0.2, 0) is 0 Å².